The van der Waals surface area contributed by atoms with Crippen molar-refractivity contribution in [2.45, 2.75) is 18.2 Å². The molecule has 27 heavy (non-hydrogen) atoms. The van der Waals surface area contributed by atoms with Gasteiger partial charge in [0.05, 0.1) is 4.90 Å². The first-order chi connectivity index (χ1) is 12.6. The molecule has 3 nitrogen and oxygen atoms in total. The molecule has 0 spiro atoms. The van der Waals surface area contributed by atoms with Gasteiger partial charge >= 0.3 is 0 Å². The van der Waals surface area contributed by atoms with Gasteiger partial charge in [-0.2, -0.15) is 0 Å². The smallest absolute Gasteiger partial charge is 0.226 e. The number of sulfone groups is 1. The highest BCUT2D eigenvalue weighted by molar-refractivity contribution is 7.90. The molecule has 0 heterocycles. The van der Waals surface area contributed by atoms with Crippen LogP contribution in [0.5, 0.6) is 0 Å². The van der Waals surface area contributed by atoms with Crippen molar-refractivity contribution in [1.29, 1.82) is 0 Å². The van der Waals surface area contributed by atoms with Crippen LogP contribution in [-0.4, -0.2) is 19.9 Å². The third-order valence-electron chi connectivity index (χ3n) is 4.47. The second-order valence-corrected chi connectivity index (χ2v) is 8.78. The Hall–Kier alpha value is -2.31. The molecule has 0 amide bonds. The van der Waals surface area contributed by atoms with E-state index in [1.807, 2.05) is 0 Å². The highest BCUT2D eigenvalue weighted by Gasteiger charge is 2.27. The molecule has 7 heteroatoms. The Labute approximate surface area is 160 Å². The molecule has 0 bridgehead atoms. The molecule has 1 aliphatic carbocycles. The van der Waals surface area contributed by atoms with Crippen molar-refractivity contribution in [2.24, 2.45) is 0 Å². The molecule has 140 valence electrons. The molecule has 3 rings (SSSR count). The van der Waals surface area contributed by atoms with Gasteiger partial charge in [-0.1, -0.05) is 12.1 Å². The Morgan fingerprint density at radius 1 is 1.07 bits per heavy atom. The first-order valence-electron chi connectivity index (χ1n) is 7.98. The SMILES string of the molecule is CC1=C(CC(=O)Cl)c2cc(F)c(F)cc2/C1=C/c1ccc(S(C)(=O)=O)cc1. The summed E-state index contributed by atoms with van der Waals surface area (Å²) in [7, 11) is -3.31. The van der Waals surface area contributed by atoms with E-state index in [0.29, 0.717) is 33.4 Å². The number of carbonyl (C=O) groups excluding carboxylic acids is 1. The van der Waals surface area contributed by atoms with E-state index in [1.165, 1.54) is 12.1 Å². The van der Waals surface area contributed by atoms with Crippen LogP contribution in [0.1, 0.15) is 30.0 Å². The van der Waals surface area contributed by atoms with Gasteiger partial charge in [-0.15, -0.1) is 0 Å². The summed E-state index contributed by atoms with van der Waals surface area (Å²) in [5.74, 6) is -1.99. The minimum Gasteiger partial charge on any atom is -0.281 e. The van der Waals surface area contributed by atoms with Gasteiger partial charge in [0.2, 0.25) is 5.24 Å². The van der Waals surface area contributed by atoms with E-state index in [-0.39, 0.29) is 11.3 Å². The molecule has 0 unspecified atom stereocenters. The van der Waals surface area contributed by atoms with Crippen molar-refractivity contribution in [3.63, 3.8) is 0 Å². The molecule has 0 aromatic heterocycles. The Kier molecular flexibility index (Phi) is 5.06. The van der Waals surface area contributed by atoms with Crippen molar-refractivity contribution in [1.82, 2.24) is 0 Å². The summed E-state index contributed by atoms with van der Waals surface area (Å²) in [5.41, 5.74) is 3.44. The van der Waals surface area contributed by atoms with E-state index in [0.717, 1.165) is 18.4 Å². The van der Waals surface area contributed by atoms with Crippen LogP contribution < -0.4 is 0 Å². The number of benzene rings is 2. The van der Waals surface area contributed by atoms with Crippen molar-refractivity contribution < 1.29 is 22.0 Å². The van der Waals surface area contributed by atoms with Crippen molar-refractivity contribution >= 4 is 43.9 Å². The Bertz CT molecular complexity index is 1110. The van der Waals surface area contributed by atoms with Crippen LogP contribution in [0.25, 0.3) is 17.2 Å². The van der Waals surface area contributed by atoms with E-state index in [9.17, 15) is 22.0 Å². The molecule has 0 radical (unpaired) electrons. The maximum absolute atomic E-state index is 13.8. The molecular weight excluding hydrogens is 394 g/mol. The molecule has 0 aliphatic heterocycles. The molecule has 2 aromatic carbocycles. The minimum absolute atomic E-state index is 0.101. The normalized spacial score (nSPS) is 15.4. The third kappa shape index (κ3) is 3.87. The average molecular weight is 409 g/mol. The fourth-order valence-corrected chi connectivity index (χ4v) is 3.88. The van der Waals surface area contributed by atoms with Crippen LogP contribution in [0.2, 0.25) is 0 Å². The van der Waals surface area contributed by atoms with Crippen LogP contribution in [0.4, 0.5) is 8.78 Å². The fraction of sp³-hybridized carbons (Fsp3) is 0.150. The highest BCUT2D eigenvalue weighted by Crippen LogP contribution is 2.44. The van der Waals surface area contributed by atoms with Gasteiger partial charge in [-0.05, 0) is 82.3 Å². The van der Waals surface area contributed by atoms with E-state index in [2.05, 4.69) is 0 Å². The van der Waals surface area contributed by atoms with Crippen LogP contribution >= 0.6 is 11.6 Å². The topological polar surface area (TPSA) is 51.2 Å². The maximum atomic E-state index is 13.8. The van der Waals surface area contributed by atoms with E-state index in [1.54, 1.807) is 25.1 Å². The predicted octanol–water partition coefficient (Wildman–Crippen LogP) is 4.85. The first-order valence-corrected chi connectivity index (χ1v) is 10.2. The van der Waals surface area contributed by atoms with Crippen LogP contribution in [0.3, 0.4) is 0 Å². The highest BCUT2D eigenvalue weighted by atomic mass is 35.5. The van der Waals surface area contributed by atoms with Gasteiger partial charge < -0.3 is 0 Å². The van der Waals surface area contributed by atoms with Crippen LogP contribution in [0.15, 0.2) is 46.9 Å². The zero-order chi connectivity index (χ0) is 19.9. The number of hydrogen-bond acceptors (Lipinski definition) is 3. The second kappa shape index (κ2) is 7.02. The lowest BCUT2D eigenvalue weighted by atomic mass is 10.0. The van der Waals surface area contributed by atoms with E-state index < -0.39 is 26.7 Å². The molecule has 0 atom stereocenters. The molecular formula is C20H15ClF2O3S. The molecule has 0 N–H and O–H groups in total. The molecule has 1 aliphatic rings. The lowest BCUT2D eigenvalue weighted by Gasteiger charge is -2.06. The summed E-state index contributed by atoms with van der Waals surface area (Å²) in [6, 6.07) is 8.37. The third-order valence-corrected chi connectivity index (χ3v) is 5.73. The fourth-order valence-electron chi connectivity index (χ4n) is 3.12. The monoisotopic (exact) mass is 408 g/mol. The van der Waals surface area contributed by atoms with Gasteiger partial charge in [0, 0.05) is 12.7 Å². The summed E-state index contributed by atoms with van der Waals surface area (Å²) in [6.07, 6.45) is 2.76. The van der Waals surface area contributed by atoms with E-state index >= 15 is 0 Å². The van der Waals surface area contributed by atoms with Gasteiger partial charge in [0.1, 0.15) is 0 Å². The molecule has 0 saturated heterocycles. The average Bonchev–Trinajstić information content (AvgIpc) is 2.80. The zero-order valence-corrected chi connectivity index (χ0v) is 16.1. The summed E-state index contributed by atoms with van der Waals surface area (Å²) < 4.78 is 50.7. The lowest BCUT2D eigenvalue weighted by molar-refractivity contribution is -0.110. The molecule has 0 saturated carbocycles. The summed E-state index contributed by atoms with van der Waals surface area (Å²) in [5, 5.41) is -0.598. The Morgan fingerprint density at radius 3 is 2.15 bits per heavy atom. The Balaban J connectivity index is 2.15. The maximum Gasteiger partial charge on any atom is 0.226 e. The van der Waals surface area contributed by atoms with Gasteiger partial charge in [0.25, 0.3) is 0 Å². The second-order valence-electron chi connectivity index (χ2n) is 6.35. The number of hydrogen-bond donors (Lipinski definition) is 0. The summed E-state index contributed by atoms with van der Waals surface area (Å²) in [4.78, 5) is 11.6. The molecule has 2 aromatic rings. The molecule has 0 fully saturated rings. The van der Waals surface area contributed by atoms with Gasteiger partial charge in [-0.3, -0.25) is 4.79 Å². The van der Waals surface area contributed by atoms with Crippen molar-refractivity contribution in [3.05, 3.63) is 70.3 Å². The lowest BCUT2D eigenvalue weighted by Crippen LogP contribution is -1.96. The van der Waals surface area contributed by atoms with Crippen molar-refractivity contribution in [2.75, 3.05) is 6.26 Å². The van der Waals surface area contributed by atoms with Gasteiger partial charge in [0.15, 0.2) is 21.5 Å². The summed E-state index contributed by atoms with van der Waals surface area (Å²) >= 11 is 5.51. The zero-order valence-electron chi connectivity index (χ0n) is 14.5. The number of halogens is 3. The number of rotatable bonds is 4. The summed E-state index contributed by atoms with van der Waals surface area (Å²) in [6.45, 7) is 1.75. The predicted molar refractivity (Wildman–Crippen MR) is 102 cm³/mol. The van der Waals surface area contributed by atoms with Gasteiger partial charge in [-0.25, -0.2) is 17.2 Å². The number of allylic oxidation sites excluding steroid dienone is 3. The van der Waals surface area contributed by atoms with E-state index in [4.69, 9.17) is 11.6 Å². The number of carbonyl (C=O) groups is 1. The largest absolute Gasteiger partial charge is 0.281 e. The minimum atomic E-state index is -3.31. The standard InChI is InChI=1S/C20H15ClF2O3S/c1-11-14(7-12-3-5-13(6-4-12)27(2,25)26)16-8-18(22)19(23)9-17(16)15(11)10-20(21)24/h3-9H,10H2,1-2H3/b14-7+. The Morgan fingerprint density at radius 2 is 1.63 bits per heavy atom. The van der Waals surface area contributed by atoms with Crippen LogP contribution in [-0.2, 0) is 14.6 Å². The van der Waals surface area contributed by atoms with Crippen LogP contribution in [0, 0.1) is 11.6 Å². The quantitative estimate of drug-likeness (QED) is 0.679. The first kappa shape index (κ1) is 19.5. The number of fused-ring (bicyclic) bond motifs is 1. The van der Waals surface area contributed by atoms with Crippen molar-refractivity contribution in [3.8, 4) is 0 Å².